The number of hydrogen-bond donors (Lipinski definition) is 1. The second-order valence-electron chi connectivity index (χ2n) is 6.57. The summed E-state index contributed by atoms with van der Waals surface area (Å²) in [6, 6.07) is 7.10. The van der Waals surface area contributed by atoms with Gasteiger partial charge in [0.15, 0.2) is 0 Å². The SMILES string of the molecule is CC(C)C1CCCC(Nc2cc(Br)ccc2N(C)C)C1. The summed E-state index contributed by atoms with van der Waals surface area (Å²) in [6.07, 6.45) is 5.35. The van der Waals surface area contributed by atoms with Gasteiger partial charge in [0.05, 0.1) is 11.4 Å². The molecule has 1 aliphatic carbocycles. The summed E-state index contributed by atoms with van der Waals surface area (Å²) in [6.45, 7) is 4.72. The van der Waals surface area contributed by atoms with Gasteiger partial charge in [-0.1, -0.05) is 42.6 Å². The largest absolute Gasteiger partial charge is 0.381 e. The van der Waals surface area contributed by atoms with E-state index in [0.29, 0.717) is 6.04 Å². The van der Waals surface area contributed by atoms with E-state index in [1.165, 1.54) is 37.1 Å². The molecule has 1 aromatic rings. The lowest BCUT2D eigenvalue weighted by Crippen LogP contribution is -2.30. The Labute approximate surface area is 132 Å². The molecule has 0 aliphatic heterocycles. The first-order valence-corrected chi connectivity index (χ1v) is 8.50. The van der Waals surface area contributed by atoms with E-state index in [9.17, 15) is 0 Å². The van der Waals surface area contributed by atoms with Gasteiger partial charge in [-0.3, -0.25) is 0 Å². The van der Waals surface area contributed by atoms with Crippen LogP contribution in [-0.4, -0.2) is 20.1 Å². The van der Waals surface area contributed by atoms with Crippen molar-refractivity contribution in [3.63, 3.8) is 0 Å². The van der Waals surface area contributed by atoms with Crippen molar-refractivity contribution in [3.05, 3.63) is 22.7 Å². The molecule has 1 fully saturated rings. The first kappa shape index (κ1) is 15.7. The summed E-state index contributed by atoms with van der Waals surface area (Å²) in [5.74, 6) is 1.67. The zero-order chi connectivity index (χ0) is 14.7. The van der Waals surface area contributed by atoms with Crippen LogP contribution in [0.4, 0.5) is 11.4 Å². The fraction of sp³-hybridized carbons (Fsp3) is 0.647. The van der Waals surface area contributed by atoms with Crippen LogP contribution < -0.4 is 10.2 Å². The smallest absolute Gasteiger partial charge is 0.0597 e. The van der Waals surface area contributed by atoms with E-state index in [1.54, 1.807) is 0 Å². The Morgan fingerprint density at radius 2 is 2.00 bits per heavy atom. The van der Waals surface area contributed by atoms with Crippen LogP contribution in [0.1, 0.15) is 39.5 Å². The van der Waals surface area contributed by atoms with E-state index >= 15 is 0 Å². The summed E-state index contributed by atoms with van der Waals surface area (Å²) in [5, 5.41) is 3.78. The van der Waals surface area contributed by atoms with Gasteiger partial charge in [-0.05, 0) is 42.9 Å². The Kier molecular flexibility index (Phi) is 5.36. The van der Waals surface area contributed by atoms with E-state index < -0.39 is 0 Å². The van der Waals surface area contributed by atoms with Crippen molar-refractivity contribution in [1.82, 2.24) is 0 Å². The van der Waals surface area contributed by atoms with Crippen molar-refractivity contribution in [1.29, 1.82) is 0 Å². The molecule has 1 saturated carbocycles. The van der Waals surface area contributed by atoms with Crippen LogP contribution in [0.25, 0.3) is 0 Å². The topological polar surface area (TPSA) is 15.3 Å². The van der Waals surface area contributed by atoms with E-state index in [0.717, 1.165) is 16.3 Å². The Balaban J connectivity index is 2.11. The van der Waals surface area contributed by atoms with Crippen LogP contribution in [0.15, 0.2) is 22.7 Å². The lowest BCUT2D eigenvalue weighted by Gasteiger charge is -2.33. The Bertz CT molecular complexity index is 443. The summed E-state index contributed by atoms with van der Waals surface area (Å²) in [5.41, 5.74) is 2.51. The van der Waals surface area contributed by atoms with Crippen LogP contribution in [0.2, 0.25) is 0 Å². The van der Waals surface area contributed by atoms with Gasteiger partial charge < -0.3 is 10.2 Å². The van der Waals surface area contributed by atoms with Gasteiger partial charge in [-0.15, -0.1) is 0 Å². The van der Waals surface area contributed by atoms with Crippen LogP contribution in [0.5, 0.6) is 0 Å². The molecule has 112 valence electrons. The predicted molar refractivity (Wildman–Crippen MR) is 92.7 cm³/mol. The lowest BCUT2D eigenvalue weighted by atomic mass is 9.79. The molecule has 2 nitrogen and oxygen atoms in total. The molecular weight excluding hydrogens is 312 g/mol. The number of rotatable bonds is 4. The highest BCUT2D eigenvalue weighted by atomic mass is 79.9. The maximum atomic E-state index is 3.78. The normalized spacial score (nSPS) is 22.9. The first-order valence-electron chi connectivity index (χ1n) is 7.70. The van der Waals surface area contributed by atoms with Gasteiger partial charge in [0.25, 0.3) is 0 Å². The van der Waals surface area contributed by atoms with Crippen LogP contribution in [0, 0.1) is 11.8 Å². The second kappa shape index (κ2) is 6.84. The summed E-state index contributed by atoms with van der Waals surface area (Å²) in [4.78, 5) is 2.18. The number of hydrogen-bond acceptors (Lipinski definition) is 2. The fourth-order valence-corrected chi connectivity index (χ4v) is 3.56. The molecule has 0 bridgehead atoms. The van der Waals surface area contributed by atoms with Crippen molar-refractivity contribution in [2.45, 2.75) is 45.6 Å². The van der Waals surface area contributed by atoms with E-state index in [-0.39, 0.29) is 0 Å². The highest BCUT2D eigenvalue weighted by Gasteiger charge is 2.24. The Morgan fingerprint density at radius 1 is 1.25 bits per heavy atom. The molecule has 0 heterocycles. The van der Waals surface area contributed by atoms with Gasteiger partial charge in [-0.25, -0.2) is 0 Å². The minimum Gasteiger partial charge on any atom is -0.381 e. The number of halogens is 1. The third-order valence-electron chi connectivity index (χ3n) is 4.46. The van der Waals surface area contributed by atoms with E-state index in [2.05, 4.69) is 72.3 Å². The molecule has 0 saturated heterocycles. The third kappa shape index (κ3) is 3.91. The van der Waals surface area contributed by atoms with Crippen molar-refractivity contribution < 1.29 is 0 Å². The van der Waals surface area contributed by atoms with Crippen molar-refractivity contribution in [2.75, 3.05) is 24.3 Å². The molecule has 1 N–H and O–H groups in total. The quantitative estimate of drug-likeness (QED) is 0.817. The summed E-state index contributed by atoms with van der Waals surface area (Å²) < 4.78 is 1.14. The Morgan fingerprint density at radius 3 is 2.65 bits per heavy atom. The zero-order valence-electron chi connectivity index (χ0n) is 13.1. The molecule has 2 rings (SSSR count). The number of benzene rings is 1. The monoisotopic (exact) mass is 338 g/mol. The molecule has 0 radical (unpaired) electrons. The fourth-order valence-electron chi connectivity index (χ4n) is 3.20. The van der Waals surface area contributed by atoms with Crippen molar-refractivity contribution in [3.8, 4) is 0 Å². The molecule has 0 aromatic heterocycles. The average Bonchev–Trinajstić information content (AvgIpc) is 2.38. The first-order chi connectivity index (χ1) is 9.47. The maximum absolute atomic E-state index is 3.78. The van der Waals surface area contributed by atoms with Crippen molar-refractivity contribution in [2.24, 2.45) is 11.8 Å². The van der Waals surface area contributed by atoms with Crippen molar-refractivity contribution >= 4 is 27.3 Å². The second-order valence-corrected chi connectivity index (χ2v) is 7.48. The number of anilines is 2. The van der Waals surface area contributed by atoms with E-state index in [1.807, 2.05) is 0 Å². The molecular formula is C17H27BrN2. The number of nitrogens with zero attached hydrogens (tertiary/aromatic N) is 1. The van der Waals surface area contributed by atoms with Crippen LogP contribution in [-0.2, 0) is 0 Å². The summed E-state index contributed by atoms with van der Waals surface area (Å²) in [7, 11) is 4.21. The molecule has 20 heavy (non-hydrogen) atoms. The lowest BCUT2D eigenvalue weighted by molar-refractivity contribution is 0.264. The minimum atomic E-state index is 0.615. The standard InChI is InChI=1S/C17H27BrN2/c1-12(2)13-6-5-7-15(10-13)19-16-11-14(18)8-9-17(16)20(3)4/h8-9,11-13,15,19H,5-7,10H2,1-4H3. The predicted octanol–water partition coefficient (Wildman–Crippen LogP) is 5.14. The van der Waals surface area contributed by atoms with Gasteiger partial charge >= 0.3 is 0 Å². The number of nitrogens with one attached hydrogen (secondary N) is 1. The van der Waals surface area contributed by atoms with Gasteiger partial charge in [0, 0.05) is 24.6 Å². The van der Waals surface area contributed by atoms with E-state index in [4.69, 9.17) is 0 Å². The highest BCUT2D eigenvalue weighted by molar-refractivity contribution is 9.10. The Hall–Kier alpha value is -0.700. The van der Waals surface area contributed by atoms with Gasteiger partial charge in [0.1, 0.15) is 0 Å². The molecule has 2 unspecified atom stereocenters. The van der Waals surface area contributed by atoms with Gasteiger partial charge in [0.2, 0.25) is 0 Å². The third-order valence-corrected chi connectivity index (χ3v) is 4.95. The zero-order valence-corrected chi connectivity index (χ0v) is 14.7. The minimum absolute atomic E-state index is 0.615. The highest BCUT2D eigenvalue weighted by Crippen LogP contribution is 2.34. The maximum Gasteiger partial charge on any atom is 0.0597 e. The molecule has 1 aliphatic rings. The van der Waals surface area contributed by atoms with Gasteiger partial charge in [-0.2, -0.15) is 0 Å². The molecule has 0 amide bonds. The molecule has 2 atom stereocenters. The molecule has 1 aromatic carbocycles. The van der Waals surface area contributed by atoms with Crippen LogP contribution in [0.3, 0.4) is 0 Å². The summed E-state index contributed by atoms with van der Waals surface area (Å²) >= 11 is 3.59. The van der Waals surface area contributed by atoms with Crippen LogP contribution >= 0.6 is 15.9 Å². The molecule has 0 spiro atoms. The molecule has 3 heteroatoms. The average molecular weight is 339 g/mol.